The van der Waals surface area contributed by atoms with Crippen LogP contribution in [0.3, 0.4) is 0 Å². The van der Waals surface area contributed by atoms with Crippen LogP contribution in [-0.4, -0.2) is 18.7 Å². The molecule has 0 spiro atoms. The predicted molar refractivity (Wildman–Crippen MR) is 68.4 cm³/mol. The summed E-state index contributed by atoms with van der Waals surface area (Å²) in [6.07, 6.45) is 0.587. The fraction of sp³-hybridized carbons (Fsp3) is 0.273. The van der Waals surface area contributed by atoms with E-state index in [-0.39, 0.29) is 6.42 Å². The van der Waals surface area contributed by atoms with Gasteiger partial charge in [0.05, 0.1) is 15.8 Å². The van der Waals surface area contributed by atoms with Crippen LogP contribution in [0.15, 0.2) is 23.4 Å². The van der Waals surface area contributed by atoms with Crippen molar-refractivity contribution in [3.05, 3.63) is 33.8 Å². The smallest absolute Gasteiger partial charge is 0.217 e. The first-order chi connectivity index (χ1) is 8.04. The third kappa shape index (κ3) is 4.24. The number of benzene rings is 1. The monoisotopic (exact) mass is 274 g/mol. The van der Waals surface area contributed by atoms with Crippen molar-refractivity contribution in [2.75, 3.05) is 7.11 Å². The van der Waals surface area contributed by atoms with Crippen LogP contribution in [0.5, 0.6) is 0 Å². The second kappa shape index (κ2) is 6.47. The predicted octanol–water partition coefficient (Wildman–Crippen LogP) is 2.61. The van der Waals surface area contributed by atoms with Crippen LogP contribution in [0.1, 0.15) is 18.4 Å². The highest BCUT2D eigenvalue weighted by Crippen LogP contribution is 2.23. The summed E-state index contributed by atoms with van der Waals surface area (Å²) in [5.41, 5.74) is 6.44. The molecule has 0 heterocycles. The average Bonchev–Trinajstić information content (AvgIpc) is 2.28. The molecule has 1 amide bonds. The lowest BCUT2D eigenvalue weighted by molar-refractivity contribution is -0.117. The second-order valence-corrected chi connectivity index (χ2v) is 4.13. The minimum absolute atomic E-state index is 0.197. The van der Waals surface area contributed by atoms with Crippen LogP contribution in [-0.2, 0) is 9.63 Å². The number of carbonyl (C=O) groups excluding carboxylic acids is 1. The number of primary amides is 1. The van der Waals surface area contributed by atoms with Gasteiger partial charge in [0.25, 0.3) is 0 Å². The molecule has 2 N–H and O–H groups in total. The van der Waals surface area contributed by atoms with Gasteiger partial charge in [0.2, 0.25) is 5.91 Å². The maximum Gasteiger partial charge on any atom is 0.217 e. The van der Waals surface area contributed by atoms with Gasteiger partial charge in [-0.2, -0.15) is 0 Å². The Labute approximate surface area is 109 Å². The van der Waals surface area contributed by atoms with Crippen molar-refractivity contribution in [3.63, 3.8) is 0 Å². The van der Waals surface area contributed by atoms with E-state index >= 15 is 0 Å². The van der Waals surface area contributed by atoms with Crippen molar-refractivity contribution in [1.82, 2.24) is 0 Å². The van der Waals surface area contributed by atoms with Gasteiger partial charge in [0, 0.05) is 18.4 Å². The summed E-state index contributed by atoms with van der Waals surface area (Å²) in [5.74, 6) is -0.395. The molecule has 1 rings (SSSR count). The standard InChI is InChI=1S/C11H12Cl2N2O2/c1-17-15-10(4-5-11(14)16)7-2-3-8(12)9(13)6-7/h2-3,6H,4-5H2,1H3,(H2,14,16)/b15-10+. The third-order valence-electron chi connectivity index (χ3n) is 2.06. The molecule has 6 heteroatoms. The fourth-order valence-electron chi connectivity index (χ4n) is 1.27. The van der Waals surface area contributed by atoms with Crippen molar-refractivity contribution >= 4 is 34.8 Å². The Hall–Kier alpha value is -1.26. The third-order valence-corrected chi connectivity index (χ3v) is 2.80. The number of nitrogens with zero attached hydrogens (tertiary/aromatic N) is 1. The first-order valence-corrected chi connectivity index (χ1v) is 5.64. The molecule has 1 aromatic rings. The highest BCUT2D eigenvalue weighted by Gasteiger charge is 2.09. The van der Waals surface area contributed by atoms with Crippen LogP contribution in [0, 0.1) is 0 Å². The number of hydrogen-bond acceptors (Lipinski definition) is 3. The molecule has 1 aromatic carbocycles. The highest BCUT2D eigenvalue weighted by molar-refractivity contribution is 6.42. The topological polar surface area (TPSA) is 64.7 Å². The number of rotatable bonds is 5. The van der Waals surface area contributed by atoms with E-state index in [0.717, 1.165) is 5.56 Å². The molecule has 0 radical (unpaired) electrons. The van der Waals surface area contributed by atoms with Gasteiger partial charge in [0.15, 0.2) is 0 Å². The van der Waals surface area contributed by atoms with Gasteiger partial charge in [-0.15, -0.1) is 0 Å². The van der Waals surface area contributed by atoms with Gasteiger partial charge in [-0.05, 0) is 12.1 Å². The van der Waals surface area contributed by atoms with Crippen LogP contribution in [0.2, 0.25) is 10.0 Å². The summed E-state index contributed by atoms with van der Waals surface area (Å²) >= 11 is 11.7. The van der Waals surface area contributed by atoms with E-state index in [9.17, 15) is 4.79 Å². The lowest BCUT2D eigenvalue weighted by Crippen LogP contribution is -2.13. The van der Waals surface area contributed by atoms with Gasteiger partial charge in [-0.25, -0.2) is 0 Å². The molecule has 0 unspecified atom stereocenters. The van der Waals surface area contributed by atoms with Gasteiger partial charge in [-0.3, -0.25) is 4.79 Å². The van der Waals surface area contributed by atoms with Crippen molar-refractivity contribution in [1.29, 1.82) is 0 Å². The molecule has 92 valence electrons. The molecule has 0 aliphatic rings. The molecule has 0 atom stereocenters. The Morgan fingerprint density at radius 3 is 2.59 bits per heavy atom. The molecule has 0 aromatic heterocycles. The zero-order chi connectivity index (χ0) is 12.8. The molecule has 17 heavy (non-hydrogen) atoms. The van der Waals surface area contributed by atoms with E-state index in [0.29, 0.717) is 22.2 Å². The normalized spacial score (nSPS) is 11.4. The number of amides is 1. The summed E-state index contributed by atoms with van der Waals surface area (Å²) < 4.78 is 0. The Morgan fingerprint density at radius 2 is 2.06 bits per heavy atom. The van der Waals surface area contributed by atoms with Gasteiger partial charge < -0.3 is 10.6 Å². The maximum atomic E-state index is 10.7. The van der Waals surface area contributed by atoms with E-state index in [1.54, 1.807) is 18.2 Å². The molecule has 0 aliphatic carbocycles. The van der Waals surface area contributed by atoms with Crippen molar-refractivity contribution in [2.45, 2.75) is 12.8 Å². The molecule has 4 nitrogen and oxygen atoms in total. The van der Waals surface area contributed by atoms with Crippen LogP contribution >= 0.6 is 23.2 Å². The van der Waals surface area contributed by atoms with Crippen LogP contribution in [0.4, 0.5) is 0 Å². The SMILES string of the molecule is CO/N=C(\CCC(N)=O)c1ccc(Cl)c(Cl)c1. The van der Waals surface area contributed by atoms with Gasteiger partial charge >= 0.3 is 0 Å². The number of carbonyl (C=O) groups is 1. The summed E-state index contributed by atoms with van der Waals surface area (Å²) in [5, 5.41) is 4.73. The molecule has 0 fully saturated rings. The summed E-state index contributed by atoms with van der Waals surface area (Å²) in [6.45, 7) is 0. The van der Waals surface area contributed by atoms with Crippen LogP contribution in [0.25, 0.3) is 0 Å². The largest absolute Gasteiger partial charge is 0.399 e. The average molecular weight is 275 g/mol. The first-order valence-electron chi connectivity index (χ1n) is 4.88. The Bertz CT molecular complexity index is 447. The second-order valence-electron chi connectivity index (χ2n) is 3.32. The Morgan fingerprint density at radius 1 is 1.35 bits per heavy atom. The van der Waals surface area contributed by atoms with E-state index < -0.39 is 5.91 Å². The molecule has 0 bridgehead atoms. The number of nitrogens with two attached hydrogens (primary N) is 1. The highest BCUT2D eigenvalue weighted by atomic mass is 35.5. The Kier molecular flexibility index (Phi) is 5.25. The van der Waals surface area contributed by atoms with Gasteiger partial charge in [0.1, 0.15) is 7.11 Å². The molecular formula is C11H12Cl2N2O2. The quantitative estimate of drug-likeness (QED) is 0.663. The van der Waals surface area contributed by atoms with Crippen molar-refractivity contribution < 1.29 is 9.63 Å². The zero-order valence-electron chi connectivity index (χ0n) is 9.24. The maximum absolute atomic E-state index is 10.7. The number of hydrogen-bond donors (Lipinski definition) is 1. The number of oxime groups is 1. The molecule has 0 aliphatic heterocycles. The van der Waals surface area contributed by atoms with Crippen molar-refractivity contribution in [2.24, 2.45) is 10.9 Å². The minimum Gasteiger partial charge on any atom is -0.399 e. The minimum atomic E-state index is -0.395. The van der Waals surface area contributed by atoms with E-state index in [1.807, 2.05) is 0 Å². The summed E-state index contributed by atoms with van der Waals surface area (Å²) in [6, 6.07) is 5.09. The first kappa shape index (κ1) is 13.8. The summed E-state index contributed by atoms with van der Waals surface area (Å²) in [4.78, 5) is 15.5. The number of halogens is 2. The van der Waals surface area contributed by atoms with E-state index in [1.165, 1.54) is 7.11 Å². The van der Waals surface area contributed by atoms with Gasteiger partial charge in [-0.1, -0.05) is 34.4 Å². The van der Waals surface area contributed by atoms with Crippen molar-refractivity contribution in [3.8, 4) is 0 Å². The van der Waals surface area contributed by atoms with E-state index in [4.69, 9.17) is 33.8 Å². The molecular weight excluding hydrogens is 263 g/mol. The lowest BCUT2D eigenvalue weighted by atomic mass is 10.1. The molecule has 0 saturated carbocycles. The van der Waals surface area contributed by atoms with E-state index in [2.05, 4.69) is 5.16 Å². The molecule has 0 saturated heterocycles. The Balaban J connectivity index is 2.93. The zero-order valence-corrected chi connectivity index (χ0v) is 10.8. The lowest BCUT2D eigenvalue weighted by Gasteiger charge is -2.06. The summed E-state index contributed by atoms with van der Waals surface area (Å²) in [7, 11) is 1.43. The fourth-order valence-corrected chi connectivity index (χ4v) is 1.57. The van der Waals surface area contributed by atoms with Crippen LogP contribution < -0.4 is 5.73 Å².